The normalized spacial score (nSPS) is 10.1. The van der Waals surface area contributed by atoms with Crippen molar-refractivity contribution in [3.8, 4) is 11.5 Å². The van der Waals surface area contributed by atoms with Crippen molar-refractivity contribution in [2.45, 2.75) is 13.8 Å². The SMILES string of the molecule is Cc1c(O)c(OC(=O)O)c(C)c(F)c1F. The summed E-state index contributed by atoms with van der Waals surface area (Å²) >= 11 is 0. The molecule has 0 aromatic heterocycles. The van der Waals surface area contributed by atoms with E-state index in [0.29, 0.717) is 0 Å². The van der Waals surface area contributed by atoms with Crippen LogP contribution in [0.25, 0.3) is 0 Å². The lowest BCUT2D eigenvalue weighted by Crippen LogP contribution is -2.07. The van der Waals surface area contributed by atoms with E-state index in [4.69, 9.17) is 5.11 Å². The lowest BCUT2D eigenvalue weighted by Gasteiger charge is -2.11. The molecule has 0 fully saturated rings. The van der Waals surface area contributed by atoms with Crippen molar-refractivity contribution in [2.24, 2.45) is 0 Å². The second-order valence-corrected chi connectivity index (χ2v) is 2.92. The Morgan fingerprint density at radius 3 is 2.13 bits per heavy atom. The van der Waals surface area contributed by atoms with Crippen LogP contribution in [0.2, 0.25) is 0 Å². The number of halogens is 2. The Labute approximate surface area is 83.7 Å². The molecule has 6 heteroatoms. The molecule has 0 aliphatic carbocycles. The summed E-state index contributed by atoms with van der Waals surface area (Å²) < 4.78 is 30.3. The summed E-state index contributed by atoms with van der Waals surface area (Å²) in [6.45, 7) is 2.22. The van der Waals surface area contributed by atoms with Crippen LogP contribution in [0.5, 0.6) is 11.5 Å². The zero-order valence-corrected chi connectivity index (χ0v) is 7.97. The first-order valence-corrected chi connectivity index (χ1v) is 3.94. The highest BCUT2D eigenvalue weighted by Gasteiger charge is 2.22. The second-order valence-electron chi connectivity index (χ2n) is 2.92. The number of phenols is 1. The van der Waals surface area contributed by atoms with Gasteiger partial charge in [0.05, 0.1) is 0 Å². The second kappa shape index (κ2) is 3.72. The van der Waals surface area contributed by atoms with E-state index in [9.17, 15) is 18.7 Å². The molecular weight excluding hydrogens is 210 g/mol. The van der Waals surface area contributed by atoms with Gasteiger partial charge >= 0.3 is 6.16 Å². The molecule has 0 spiro atoms. The molecule has 0 saturated heterocycles. The van der Waals surface area contributed by atoms with Crippen LogP contribution in [0, 0.1) is 25.5 Å². The number of ether oxygens (including phenoxy) is 1. The number of carbonyl (C=O) groups is 1. The minimum Gasteiger partial charge on any atom is -0.504 e. The predicted octanol–water partition coefficient (Wildman–Crippen LogP) is 2.34. The molecular formula is C9H8F2O4. The van der Waals surface area contributed by atoms with E-state index >= 15 is 0 Å². The largest absolute Gasteiger partial charge is 0.511 e. The Kier molecular flexibility index (Phi) is 2.78. The monoisotopic (exact) mass is 218 g/mol. The number of benzene rings is 1. The molecule has 0 radical (unpaired) electrons. The van der Waals surface area contributed by atoms with Crippen molar-refractivity contribution < 1.29 is 28.5 Å². The minimum absolute atomic E-state index is 0.391. The van der Waals surface area contributed by atoms with Gasteiger partial charge in [-0.05, 0) is 13.8 Å². The molecule has 1 aromatic rings. The van der Waals surface area contributed by atoms with Gasteiger partial charge in [0, 0.05) is 11.1 Å². The smallest absolute Gasteiger partial charge is 0.504 e. The fraction of sp³-hybridized carbons (Fsp3) is 0.222. The number of phenolic OH excluding ortho intramolecular Hbond substituents is 1. The molecule has 0 aliphatic heterocycles. The van der Waals surface area contributed by atoms with Gasteiger partial charge in [-0.3, -0.25) is 0 Å². The van der Waals surface area contributed by atoms with E-state index in [1.54, 1.807) is 0 Å². The van der Waals surface area contributed by atoms with Crippen molar-refractivity contribution in [3.63, 3.8) is 0 Å². The summed E-state index contributed by atoms with van der Waals surface area (Å²) in [6, 6.07) is 0. The Hall–Kier alpha value is -1.85. The average molecular weight is 218 g/mol. The van der Waals surface area contributed by atoms with Gasteiger partial charge in [0.1, 0.15) is 0 Å². The van der Waals surface area contributed by atoms with E-state index < -0.39 is 40.4 Å². The van der Waals surface area contributed by atoms with Crippen LogP contribution < -0.4 is 4.74 Å². The van der Waals surface area contributed by atoms with Crippen molar-refractivity contribution in [1.29, 1.82) is 0 Å². The van der Waals surface area contributed by atoms with Gasteiger partial charge < -0.3 is 14.9 Å². The molecule has 1 aromatic carbocycles. The maximum Gasteiger partial charge on any atom is 0.511 e. The van der Waals surface area contributed by atoms with Crippen LogP contribution in [-0.4, -0.2) is 16.4 Å². The summed E-state index contributed by atoms with van der Waals surface area (Å²) in [5.74, 6) is -3.75. The first-order chi connectivity index (χ1) is 6.86. The van der Waals surface area contributed by atoms with Gasteiger partial charge in [0.2, 0.25) is 0 Å². The summed E-state index contributed by atoms with van der Waals surface area (Å²) in [7, 11) is 0. The van der Waals surface area contributed by atoms with Gasteiger partial charge in [0.15, 0.2) is 23.1 Å². The number of carboxylic acid groups (broad SMARTS) is 1. The van der Waals surface area contributed by atoms with E-state index in [1.165, 1.54) is 0 Å². The molecule has 1 rings (SSSR count). The topological polar surface area (TPSA) is 66.8 Å². The van der Waals surface area contributed by atoms with Crippen LogP contribution in [-0.2, 0) is 0 Å². The molecule has 0 atom stereocenters. The van der Waals surface area contributed by atoms with Gasteiger partial charge in [0.25, 0.3) is 0 Å². The van der Waals surface area contributed by atoms with Gasteiger partial charge in [-0.25, -0.2) is 13.6 Å². The van der Waals surface area contributed by atoms with Crippen LogP contribution in [0.3, 0.4) is 0 Å². The minimum atomic E-state index is -1.71. The van der Waals surface area contributed by atoms with E-state index in [2.05, 4.69) is 4.74 Å². The third-order valence-corrected chi connectivity index (χ3v) is 1.95. The molecule has 15 heavy (non-hydrogen) atoms. The highest BCUT2D eigenvalue weighted by Crippen LogP contribution is 2.37. The molecule has 82 valence electrons. The predicted molar refractivity (Wildman–Crippen MR) is 46.1 cm³/mol. The first-order valence-electron chi connectivity index (χ1n) is 3.94. The maximum absolute atomic E-state index is 13.1. The van der Waals surface area contributed by atoms with Gasteiger partial charge in [-0.15, -0.1) is 0 Å². The number of hydrogen-bond donors (Lipinski definition) is 2. The summed E-state index contributed by atoms with van der Waals surface area (Å²) in [5.41, 5.74) is -0.785. The average Bonchev–Trinajstić information content (AvgIpc) is 2.18. The van der Waals surface area contributed by atoms with E-state index in [0.717, 1.165) is 13.8 Å². The van der Waals surface area contributed by atoms with Gasteiger partial charge in [-0.2, -0.15) is 0 Å². The Morgan fingerprint density at radius 1 is 1.20 bits per heavy atom. The summed E-state index contributed by atoms with van der Waals surface area (Å²) in [5, 5.41) is 17.7. The Balaban J connectivity index is 3.45. The van der Waals surface area contributed by atoms with Crippen LogP contribution in [0.1, 0.15) is 11.1 Å². The Morgan fingerprint density at radius 2 is 1.67 bits per heavy atom. The van der Waals surface area contributed by atoms with Crippen LogP contribution in [0.15, 0.2) is 0 Å². The third kappa shape index (κ3) is 1.83. The quantitative estimate of drug-likeness (QED) is 0.560. The van der Waals surface area contributed by atoms with Crippen molar-refractivity contribution in [2.75, 3.05) is 0 Å². The third-order valence-electron chi connectivity index (χ3n) is 1.95. The van der Waals surface area contributed by atoms with Crippen molar-refractivity contribution in [3.05, 3.63) is 22.8 Å². The van der Waals surface area contributed by atoms with Crippen LogP contribution >= 0.6 is 0 Å². The summed E-state index contributed by atoms with van der Waals surface area (Å²) in [4.78, 5) is 10.2. The Bertz CT molecular complexity index is 400. The summed E-state index contributed by atoms with van der Waals surface area (Å²) in [6.07, 6.45) is -1.71. The fourth-order valence-electron chi connectivity index (χ4n) is 1.09. The first kappa shape index (κ1) is 11.2. The molecule has 0 amide bonds. The fourth-order valence-corrected chi connectivity index (χ4v) is 1.09. The van der Waals surface area contributed by atoms with E-state index in [-0.39, 0.29) is 0 Å². The lowest BCUT2D eigenvalue weighted by atomic mass is 10.1. The standard InChI is InChI=1S/C9H8F2O4/c1-3-5(10)6(11)4(2)8(7(3)12)15-9(13)14/h12H,1-2H3,(H,13,14). The highest BCUT2D eigenvalue weighted by molar-refractivity contribution is 5.65. The number of aromatic hydroxyl groups is 1. The zero-order chi connectivity index (χ0) is 11.7. The molecule has 0 unspecified atom stereocenters. The van der Waals surface area contributed by atoms with Crippen molar-refractivity contribution in [1.82, 2.24) is 0 Å². The number of hydrogen-bond acceptors (Lipinski definition) is 3. The molecule has 2 N–H and O–H groups in total. The van der Waals surface area contributed by atoms with Crippen molar-refractivity contribution >= 4 is 6.16 Å². The molecule has 0 aliphatic rings. The molecule has 0 saturated carbocycles. The molecule has 4 nitrogen and oxygen atoms in total. The zero-order valence-electron chi connectivity index (χ0n) is 7.97. The molecule has 0 heterocycles. The van der Waals surface area contributed by atoms with Crippen LogP contribution in [0.4, 0.5) is 13.6 Å². The van der Waals surface area contributed by atoms with Gasteiger partial charge in [-0.1, -0.05) is 0 Å². The highest BCUT2D eigenvalue weighted by atomic mass is 19.2. The van der Waals surface area contributed by atoms with E-state index in [1.807, 2.05) is 0 Å². The number of rotatable bonds is 1. The maximum atomic E-state index is 13.1. The lowest BCUT2D eigenvalue weighted by molar-refractivity contribution is 0.142. The molecule has 0 bridgehead atoms.